The van der Waals surface area contributed by atoms with Gasteiger partial charge in [0, 0.05) is 11.6 Å². The van der Waals surface area contributed by atoms with Crippen LogP contribution in [0.2, 0.25) is 0 Å². The van der Waals surface area contributed by atoms with Crippen LogP contribution in [0.15, 0.2) is 0 Å². The van der Waals surface area contributed by atoms with Crippen LogP contribution in [0.1, 0.15) is 46.0 Å². The molecule has 1 rings (SSSR count). The summed E-state index contributed by atoms with van der Waals surface area (Å²) >= 11 is 0. The molecule has 0 aromatic carbocycles. The third-order valence-electron chi connectivity index (χ3n) is 4.61. The van der Waals surface area contributed by atoms with Gasteiger partial charge in [0.2, 0.25) is 0 Å². The lowest BCUT2D eigenvalue weighted by atomic mass is 9.98. The van der Waals surface area contributed by atoms with Crippen molar-refractivity contribution in [1.29, 1.82) is 0 Å². The number of rotatable bonds is 10. The minimum absolute atomic E-state index is 0.0182. The lowest BCUT2D eigenvalue weighted by Crippen LogP contribution is -2.48. The van der Waals surface area contributed by atoms with Crippen molar-refractivity contribution in [1.82, 2.24) is 15.1 Å². The molecule has 2 atom stereocenters. The van der Waals surface area contributed by atoms with Gasteiger partial charge in [0.25, 0.3) is 0 Å². The molecule has 120 valence electrons. The summed E-state index contributed by atoms with van der Waals surface area (Å²) in [4.78, 5) is 4.86. The van der Waals surface area contributed by atoms with Crippen molar-refractivity contribution >= 4 is 0 Å². The largest absolute Gasteiger partial charge is 0.394 e. The van der Waals surface area contributed by atoms with Crippen LogP contribution in [0, 0.1) is 0 Å². The molecule has 2 unspecified atom stereocenters. The van der Waals surface area contributed by atoms with Gasteiger partial charge >= 0.3 is 0 Å². The second-order valence-electron chi connectivity index (χ2n) is 6.55. The van der Waals surface area contributed by atoms with Crippen LogP contribution in [-0.2, 0) is 0 Å². The zero-order valence-electron chi connectivity index (χ0n) is 14.0. The molecule has 4 heteroatoms. The van der Waals surface area contributed by atoms with Crippen molar-refractivity contribution < 1.29 is 5.11 Å². The Bertz CT molecular complexity index is 260. The smallest absolute Gasteiger partial charge is 0.0613 e. The van der Waals surface area contributed by atoms with Crippen LogP contribution >= 0.6 is 0 Å². The molecule has 0 spiro atoms. The zero-order valence-corrected chi connectivity index (χ0v) is 14.0. The summed E-state index contributed by atoms with van der Waals surface area (Å²) in [6, 6.07) is 0.638. The van der Waals surface area contributed by atoms with Crippen LogP contribution in [0.25, 0.3) is 0 Å². The first kappa shape index (κ1) is 17.9. The molecule has 0 aromatic rings. The van der Waals surface area contributed by atoms with Crippen LogP contribution < -0.4 is 5.32 Å². The summed E-state index contributed by atoms with van der Waals surface area (Å²) in [5.41, 5.74) is -0.0182. The highest BCUT2D eigenvalue weighted by molar-refractivity contribution is 4.99. The Kier molecular flexibility index (Phi) is 8.03. The van der Waals surface area contributed by atoms with E-state index in [0.717, 1.165) is 38.9 Å². The summed E-state index contributed by atoms with van der Waals surface area (Å²) in [6.45, 7) is 9.18. The molecule has 0 aromatic heterocycles. The highest BCUT2D eigenvalue weighted by atomic mass is 16.3. The first-order valence-corrected chi connectivity index (χ1v) is 8.31. The van der Waals surface area contributed by atoms with Crippen molar-refractivity contribution in [3.63, 3.8) is 0 Å². The molecule has 1 aliphatic carbocycles. The molecule has 0 aliphatic heterocycles. The first-order valence-electron chi connectivity index (χ1n) is 8.31. The number of aliphatic hydroxyl groups excluding tert-OH is 1. The summed E-state index contributed by atoms with van der Waals surface area (Å²) in [6.07, 6.45) is 5.78. The first-order chi connectivity index (χ1) is 9.56. The summed E-state index contributed by atoms with van der Waals surface area (Å²) in [7, 11) is 4.27. The second kappa shape index (κ2) is 8.98. The molecule has 0 amide bonds. The molecule has 0 bridgehead atoms. The fourth-order valence-corrected chi connectivity index (χ4v) is 3.35. The Labute approximate surface area is 125 Å². The average Bonchev–Trinajstić information content (AvgIpc) is 2.86. The molecule has 20 heavy (non-hydrogen) atoms. The Morgan fingerprint density at radius 3 is 2.55 bits per heavy atom. The number of aliphatic hydroxyl groups is 1. The molecule has 1 saturated carbocycles. The predicted molar refractivity (Wildman–Crippen MR) is 86.2 cm³/mol. The van der Waals surface area contributed by atoms with Crippen LogP contribution in [0.3, 0.4) is 0 Å². The zero-order chi connectivity index (χ0) is 15.0. The van der Waals surface area contributed by atoms with Gasteiger partial charge in [-0.3, -0.25) is 0 Å². The van der Waals surface area contributed by atoms with E-state index in [9.17, 15) is 5.11 Å². The minimum Gasteiger partial charge on any atom is -0.394 e. The fraction of sp³-hybridized carbons (Fsp3) is 1.00. The third-order valence-corrected chi connectivity index (χ3v) is 4.61. The third kappa shape index (κ3) is 5.32. The van der Waals surface area contributed by atoms with Gasteiger partial charge in [0.1, 0.15) is 0 Å². The molecular weight excluding hydrogens is 250 g/mol. The average molecular weight is 285 g/mol. The lowest BCUT2D eigenvalue weighted by Gasteiger charge is -2.32. The van der Waals surface area contributed by atoms with Gasteiger partial charge in [-0.05, 0) is 72.4 Å². The van der Waals surface area contributed by atoms with Crippen LogP contribution in [0.4, 0.5) is 0 Å². The van der Waals surface area contributed by atoms with Crippen molar-refractivity contribution in [2.75, 3.05) is 46.9 Å². The Balaban J connectivity index is 2.45. The van der Waals surface area contributed by atoms with E-state index in [1.54, 1.807) is 0 Å². The fourth-order valence-electron chi connectivity index (χ4n) is 3.35. The molecular formula is C16H35N3O. The topological polar surface area (TPSA) is 38.7 Å². The number of hydrogen-bond acceptors (Lipinski definition) is 4. The maximum absolute atomic E-state index is 9.78. The van der Waals surface area contributed by atoms with E-state index in [0.29, 0.717) is 6.04 Å². The molecule has 0 saturated heterocycles. The van der Waals surface area contributed by atoms with Gasteiger partial charge in [0.15, 0.2) is 0 Å². The Hall–Kier alpha value is -0.160. The van der Waals surface area contributed by atoms with E-state index in [4.69, 9.17) is 0 Å². The number of hydrogen-bond donors (Lipinski definition) is 2. The van der Waals surface area contributed by atoms with Gasteiger partial charge in [0.05, 0.1) is 6.61 Å². The van der Waals surface area contributed by atoms with Crippen molar-refractivity contribution in [2.24, 2.45) is 0 Å². The maximum Gasteiger partial charge on any atom is 0.0613 e. The van der Waals surface area contributed by atoms with Gasteiger partial charge in [-0.2, -0.15) is 0 Å². The molecule has 0 radical (unpaired) electrons. The quantitative estimate of drug-likeness (QED) is 0.639. The van der Waals surface area contributed by atoms with E-state index in [-0.39, 0.29) is 12.1 Å². The number of nitrogens with zero attached hydrogens (tertiary/aromatic N) is 2. The van der Waals surface area contributed by atoms with Crippen LogP contribution in [0.5, 0.6) is 0 Å². The van der Waals surface area contributed by atoms with Crippen LogP contribution in [-0.4, -0.2) is 73.4 Å². The summed E-state index contributed by atoms with van der Waals surface area (Å²) < 4.78 is 0. The molecule has 1 aliphatic rings. The second-order valence-corrected chi connectivity index (χ2v) is 6.55. The monoisotopic (exact) mass is 285 g/mol. The van der Waals surface area contributed by atoms with Crippen molar-refractivity contribution in [3.05, 3.63) is 0 Å². The van der Waals surface area contributed by atoms with E-state index < -0.39 is 0 Å². The maximum atomic E-state index is 9.78. The lowest BCUT2D eigenvalue weighted by molar-refractivity contribution is 0.142. The van der Waals surface area contributed by atoms with Gasteiger partial charge < -0.3 is 20.2 Å². The molecule has 2 N–H and O–H groups in total. The summed E-state index contributed by atoms with van der Waals surface area (Å²) in [5.74, 6) is 0. The van der Waals surface area contributed by atoms with E-state index in [1.807, 2.05) is 0 Å². The highest BCUT2D eigenvalue weighted by Crippen LogP contribution is 2.33. The van der Waals surface area contributed by atoms with E-state index in [1.165, 1.54) is 19.4 Å². The minimum atomic E-state index is -0.0182. The number of nitrogens with one attached hydrogen (secondary N) is 1. The SMILES string of the molecule is CCCNC1(CO)CCC(N(CC)CCCN(C)C)C1. The highest BCUT2D eigenvalue weighted by Gasteiger charge is 2.39. The Morgan fingerprint density at radius 1 is 1.25 bits per heavy atom. The molecule has 0 heterocycles. The van der Waals surface area contributed by atoms with Gasteiger partial charge in [-0.25, -0.2) is 0 Å². The molecule has 1 fully saturated rings. The van der Waals surface area contributed by atoms with Gasteiger partial charge in [-0.15, -0.1) is 0 Å². The molecule has 4 nitrogen and oxygen atoms in total. The van der Waals surface area contributed by atoms with Crippen molar-refractivity contribution in [2.45, 2.75) is 57.5 Å². The standard InChI is InChI=1S/C16H35N3O/c1-5-10-17-16(14-20)9-8-15(13-16)19(6-2)12-7-11-18(3)4/h15,17,20H,5-14H2,1-4H3. The predicted octanol–water partition coefficient (Wildman–Crippen LogP) is 1.54. The summed E-state index contributed by atoms with van der Waals surface area (Å²) in [5, 5.41) is 13.4. The van der Waals surface area contributed by atoms with Crippen molar-refractivity contribution in [3.8, 4) is 0 Å². The van der Waals surface area contributed by atoms with E-state index >= 15 is 0 Å². The van der Waals surface area contributed by atoms with Gasteiger partial charge in [-0.1, -0.05) is 13.8 Å². The van der Waals surface area contributed by atoms with E-state index in [2.05, 4.69) is 43.1 Å². The normalized spacial score (nSPS) is 26.9. The Morgan fingerprint density at radius 2 is 2.00 bits per heavy atom.